The molecule has 0 atom stereocenters. The second kappa shape index (κ2) is 4.78. The molecular formula is C12H18N2O3S. The Balaban J connectivity index is 2.24. The SMILES string of the molecule is COc1cc(N)ccc1S(=O)(=O)NC1CC(C)C1. The third kappa shape index (κ3) is 2.59. The van der Waals surface area contributed by atoms with E-state index in [9.17, 15) is 8.42 Å². The van der Waals surface area contributed by atoms with Gasteiger partial charge in [-0.25, -0.2) is 13.1 Å². The summed E-state index contributed by atoms with van der Waals surface area (Å²) in [6.45, 7) is 2.11. The molecule has 1 saturated carbocycles. The molecule has 0 radical (unpaired) electrons. The molecular weight excluding hydrogens is 252 g/mol. The summed E-state index contributed by atoms with van der Waals surface area (Å²) in [6, 6.07) is 4.57. The molecule has 3 N–H and O–H groups in total. The quantitative estimate of drug-likeness (QED) is 0.809. The van der Waals surface area contributed by atoms with Crippen LogP contribution >= 0.6 is 0 Å². The van der Waals surface area contributed by atoms with Gasteiger partial charge in [-0.05, 0) is 30.9 Å². The molecule has 5 nitrogen and oxygen atoms in total. The van der Waals surface area contributed by atoms with Crippen molar-refractivity contribution in [3.8, 4) is 5.75 Å². The van der Waals surface area contributed by atoms with Crippen molar-refractivity contribution in [1.82, 2.24) is 4.72 Å². The number of nitrogens with one attached hydrogen (secondary N) is 1. The van der Waals surface area contributed by atoms with E-state index in [-0.39, 0.29) is 16.7 Å². The molecule has 18 heavy (non-hydrogen) atoms. The highest BCUT2D eigenvalue weighted by molar-refractivity contribution is 7.89. The molecule has 0 aromatic heterocycles. The molecule has 100 valence electrons. The number of benzene rings is 1. The van der Waals surface area contributed by atoms with Crippen LogP contribution < -0.4 is 15.2 Å². The van der Waals surface area contributed by atoms with Crippen LogP contribution in [0.1, 0.15) is 19.8 Å². The second-order valence-corrected chi connectivity index (χ2v) is 6.49. The lowest BCUT2D eigenvalue weighted by Gasteiger charge is -2.33. The van der Waals surface area contributed by atoms with Gasteiger partial charge in [0.25, 0.3) is 0 Å². The fourth-order valence-electron chi connectivity index (χ4n) is 2.19. The molecule has 0 amide bonds. The van der Waals surface area contributed by atoms with Gasteiger partial charge in [-0.2, -0.15) is 0 Å². The third-order valence-corrected chi connectivity index (χ3v) is 4.73. The first-order valence-corrected chi connectivity index (χ1v) is 7.36. The Hall–Kier alpha value is -1.27. The number of sulfonamides is 1. The highest BCUT2D eigenvalue weighted by Crippen LogP contribution is 2.30. The predicted molar refractivity (Wildman–Crippen MR) is 69.9 cm³/mol. The van der Waals surface area contributed by atoms with Gasteiger partial charge in [0.1, 0.15) is 10.6 Å². The fraction of sp³-hybridized carbons (Fsp3) is 0.500. The number of anilines is 1. The van der Waals surface area contributed by atoms with Crippen LogP contribution in [0.2, 0.25) is 0 Å². The molecule has 1 aromatic rings. The molecule has 1 aliphatic carbocycles. The Morgan fingerprint density at radius 3 is 2.61 bits per heavy atom. The van der Waals surface area contributed by atoms with Gasteiger partial charge in [0.15, 0.2) is 0 Å². The van der Waals surface area contributed by atoms with E-state index < -0.39 is 10.0 Å². The molecule has 1 aliphatic rings. The molecule has 2 rings (SSSR count). The first-order valence-electron chi connectivity index (χ1n) is 5.88. The molecule has 1 aromatic carbocycles. The lowest BCUT2D eigenvalue weighted by molar-refractivity contribution is 0.270. The van der Waals surface area contributed by atoms with Gasteiger partial charge >= 0.3 is 0 Å². The van der Waals surface area contributed by atoms with Crippen LogP contribution in [0.3, 0.4) is 0 Å². The van der Waals surface area contributed by atoms with Gasteiger partial charge in [-0.15, -0.1) is 0 Å². The Morgan fingerprint density at radius 2 is 2.06 bits per heavy atom. The number of rotatable bonds is 4. The normalized spacial score (nSPS) is 23.4. The Morgan fingerprint density at radius 1 is 1.39 bits per heavy atom. The summed E-state index contributed by atoms with van der Waals surface area (Å²) in [5, 5.41) is 0. The topological polar surface area (TPSA) is 81.4 Å². The minimum absolute atomic E-state index is 0.0345. The Kier molecular flexibility index (Phi) is 3.49. The lowest BCUT2D eigenvalue weighted by Crippen LogP contribution is -2.43. The number of hydrogen-bond donors (Lipinski definition) is 2. The van der Waals surface area contributed by atoms with Crippen molar-refractivity contribution in [2.75, 3.05) is 12.8 Å². The van der Waals surface area contributed by atoms with Gasteiger partial charge in [0.05, 0.1) is 7.11 Å². The monoisotopic (exact) mass is 270 g/mol. The standard InChI is InChI=1S/C12H18N2O3S/c1-8-5-10(6-8)14-18(15,16)12-4-3-9(13)7-11(12)17-2/h3-4,7-8,10,14H,5-6,13H2,1-2H3. The first kappa shape index (κ1) is 13.2. The summed E-state index contributed by atoms with van der Waals surface area (Å²) in [5.41, 5.74) is 6.08. The summed E-state index contributed by atoms with van der Waals surface area (Å²) >= 11 is 0. The smallest absolute Gasteiger partial charge is 0.244 e. The maximum Gasteiger partial charge on any atom is 0.244 e. The maximum absolute atomic E-state index is 12.2. The zero-order chi connectivity index (χ0) is 13.3. The maximum atomic E-state index is 12.2. The van der Waals surface area contributed by atoms with Crippen molar-refractivity contribution in [2.45, 2.75) is 30.7 Å². The average Bonchev–Trinajstić information content (AvgIpc) is 2.26. The van der Waals surface area contributed by atoms with Crippen LogP contribution in [0, 0.1) is 5.92 Å². The zero-order valence-corrected chi connectivity index (χ0v) is 11.3. The van der Waals surface area contributed by atoms with Crippen molar-refractivity contribution in [3.05, 3.63) is 18.2 Å². The van der Waals surface area contributed by atoms with E-state index in [4.69, 9.17) is 10.5 Å². The van der Waals surface area contributed by atoms with E-state index in [0.717, 1.165) is 12.8 Å². The molecule has 0 aliphatic heterocycles. The number of ether oxygens (including phenoxy) is 1. The summed E-state index contributed by atoms with van der Waals surface area (Å²) < 4.78 is 32.2. The van der Waals surface area contributed by atoms with Crippen molar-refractivity contribution < 1.29 is 13.2 Å². The predicted octanol–water partition coefficient (Wildman–Crippen LogP) is 1.35. The van der Waals surface area contributed by atoms with E-state index >= 15 is 0 Å². The molecule has 6 heteroatoms. The van der Waals surface area contributed by atoms with Crippen molar-refractivity contribution in [3.63, 3.8) is 0 Å². The number of nitrogens with two attached hydrogens (primary N) is 1. The average molecular weight is 270 g/mol. The third-order valence-electron chi connectivity index (χ3n) is 3.17. The first-order chi connectivity index (χ1) is 8.42. The van der Waals surface area contributed by atoms with Gasteiger partial charge in [0, 0.05) is 17.8 Å². The number of nitrogen functional groups attached to an aromatic ring is 1. The zero-order valence-electron chi connectivity index (χ0n) is 10.5. The van der Waals surface area contributed by atoms with Crippen molar-refractivity contribution >= 4 is 15.7 Å². The van der Waals surface area contributed by atoms with Crippen LogP contribution in [0.25, 0.3) is 0 Å². The molecule has 0 bridgehead atoms. The van der Waals surface area contributed by atoms with E-state index in [1.54, 1.807) is 6.07 Å². The summed E-state index contributed by atoms with van der Waals surface area (Å²) in [7, 11) is -2.10. The minimum Gasteiger partial charge on any atom is -0.495 e. The Labute approximate surface area is 107 Å². The number of methoxy groups -OCH3 is 1. The molecule has 0 heterocycles. The molecule has 1 fully saturated rings. The molecule has 0 saturated heterocycles. The van der Waals surface area contributed by atoms with Crippen LogP contribution in [0.15, 0.2) is 23.1 Å². The van der Waals surface area contributed by atoms with Gasteiger partial charge < -0.3 is 10.5 Å². The van der Waals surface area contributed by atoms with E-state index in [1.165, 1.54) is 19.2 Å². The van der Waals surface area contributed by atoms with Crippen molar-refractivity contribution in [1.29, 1.82) is 0 Å². The largest absolute Gasteiger partial charge is 0.495 e. The van der Waals surface area contributed by atoms with Crippen molar-refractivity contribution in [2.24, 2.45) is 5.92 Å². The highest BCUT2D eigenvalue weighted by atomic mass is 32.2. The summed E-state index contributed by atoms with van der Waals surface area (Å²) in [4.78, 5) is 0.138. The number of hydrogen-bond acceptors (Lipinski definition) is 4. The van der Waals surface area contributed by atoms with Gasteiger partial charge in [-0.1, -0.05) is 6.92 Å². The lowest BCUT2D eigenvalue weighted by atomic mass is 9.83. The van der Waals surface area contributed by atoms with Crippen LogP contribution in [-0.2, 0) is 10.0 Å². The second-order valence-electron chi connectivity index (χ2n) is 4.81. The van der Waals surface area contributed by atoms with E-state index in [1.807, 2.05) is 0 Å². The highest BCUT2D eigenvalue weighted by Gasteiger charge is 2.31. The van der Waals surface area contributed by atoms with Crippen LogP contribution in [0.4, 0.5) is 5.69 Å². The van der Waals surface area contributed by atoms with Crippen LogP contribution in [0.5, 0.6) is 5.75 Å². The summed E-state index contributed by atoms with van der Waals surface area (Å²) in [6.07, 6.45) is 1.77. The van der Waals surface area contributed by atoms with E-state index in [0.29, 0.717) is 11.6 Å². The van der Waals surface area contributed by atoms with E-state index in [2.05, 4.69) is 11.6 Å². The summed E-state index contributed by atoms with van der Waals surface area (Å²) in [5.74, 6) is 0.862. The van der Waals surface area contributed by atoms with Crippen LogP contribution in [-0.4, -0.2) is 21.6 Å². The van der Waals surface area contributed by atoms with Gasteiger partial charge in [-0.3, -0.25) is 0 Å². The fourth-order valence-corrected chi connectivity index (χ4v) is 3.60. The molecule has 0 unspecified atom stereocenters. The minimum atomic E-state index is -3.53. The molecule has 0 spiro atoms. The van der Waals surface area contributed by atoms with Gasteiger partial charge in [0.2, 0.25) is 10.0 Å². The Bertz CT molecular complexity index is 536.